The Morgan fingerprint density at radius 3 is 2.22 bits per heavy atom. The highest BCUT2D eigenvalue weighted by molar-refractivity contribution is 5.28. The second kappa shape index (κ2) is 4.11. The molecule has 0 amide bonds. The topological polar surface area (TPSA) is 55.4 Å². The number of ether oxygens (including phenoxy) is 6. The second-order valence-corrected chi connectivity index (χ2v) is 8.34. The lowest BCUT2D eigenvalue weighted by Crippen LogP contribution is -2.63. The van der Waals surface area contributed by atoms with Crippen LogP contribution in [0.4, 0.5) is 0 Å². The maximum Gasteiger partial charge on any atom is 0.413 e. The van der Waals surface area contributed by atoms with Crippen molar-refractivity contribution in [3.63, 3.8) is 0 Å². The maximum absolute atomic E-state index is 6.43. The van der Waals surface area contributed by atoms with Gasteiger partial charge in [0, 0.05) is 25.6 Å². The van der Waals surface area contributed by atoms with E-state index in [-0.39, 0.29) is 35.9 Å². The first-order chi connectivity index (χ1) is 10.8. The highest BCUT2D eigenvalue weighted by Gasteiger charge is 2.84. The Balaban J connectivity index is 1.58. The SMILES string of the molecule is COC1(OC)OC2C3OC(C2(C)O1)C1(C)C2OC(C(C)C2C)C31. The van der Waals surface area contributed by atoms with Gasteiger partial charge in [0.15, 0.2) is 0 Å². The normalized spacial score (nSPS) is 64.4. The van der Waals surface area contributed by atoms with Crippen LogP contribution in [0.2, 0.25) is 0 Å². The first-order valence-corrected chi connectivity index (χ1v) is 8.61. The van der Waals surface area contributed by atoms with E-state index in [2.05, 4.69) is 27.7 Å². The van der Waals surface area contributed by atoms with Gasteiger partial charge in [-0.25, -0.2) is 0 Å². The Bertz CT molecular complexity index is 549. The molecule has 23 heavy (non-hydrogen) atoms. The van der Waals surface area contributed by atoms with E-state index in [0.29, 0.717) is 17.8 Å². The van der Waals surface area contributed by atoms with E-state index in [1.165, 1.54) is 14.2 Å². The summed E-state index contributed by atoms with van der Waals surface area (Å²) >= 11 is 0. The zero-order valence-corrected chi connectivity index (χ0v) is 14.6. The smallest absolute Gasteiger partial charge is 0.373 e. The van der Waals surface area contributed by atoms with Crippen LogP contribution in [0.1, 0.15) is 27.7 Å². The van der Waals surface area contributed by atoms with Gasteiger partial charge in [-0.15, -0.1) is 0 Å². The van der Waals surface area contributed by atoms with Gasteiger partial charge in [-0.05, 0) is 18.8 Å². The molecule has 6 nitrogen and oxygen atoms in total. The summed E-state index contributed by atoms with van der Waals surface area (Å²) in [6, 6.07) is 0. The van der Waals surface area contributed by atoms with Crippen molar-refractivity contribution >= 4 is 0 Å². The quantitative estimate of drug-likeness (QED) is 0.717. The van der Waals surface area contributed by atoms with Crippen LogP contribution in [0, 0.1) is 23.2 Å². The van der Waals surface area contributed by atoms with Crippen LogP contribution < -0.4 is 0 Å². The molecule has 10 atom stereocenters. The third kappa shape index (κ3) is 1.37. The summed E-state index contributed by atoms with van der Waals surface area (Å²) in [5.74, 6) is 1.42. The molecule has 0 aromatic heterocycles. The van der Waals surface area contributed by atoms with Crippen LogP contribution in [-0.2, 0) is 28.4 Å². The average molecular weight is 326 g/mol. The zero-order valence-electron chi connectivity index (χ0n) is 14.6. The highest BCUT2D eigenvalue weighted by atomic mass is 17.0. The fourth-order valence-corrected chi connectivity index (χ4v) is 6.41. The molecule has 4 bridgehead atoms. The predicted molar refractivity (Wildman–Crippen MR) is 78.4 cm³/mol. The van der Waals surface area contributed by atoms with Gasteiger partial charge in [-0.1, -0.05) is 20.8 Å². The molecular weight excluding hydrogens is 300 g/mol. The minimum absolute atomic E-state index is 0.0351. The molecule has 5 rings (SSSR count). The van der Waals surface area contributed by atoms with Crippen molar-refractivity contribution in [2.24, 2.45) is 23.2 Å². The van der Waals surface area contributed by atoms with E-state index in [9.17, 15) is 0 Å². The fourth-order valence-electron chi connectivity index (χ4n) is 6.41. The molecule has 0 N–H and O–H groups in total. The van der Waals surface area contributed by atoms with Crippen molar-refractivity contribution < 1.29 is 28.4 Å². The molecule has 0 aromatic rings. The van der Waals surface area contributed by atoms with Crippen molar-refractivity contribution in [2.75, 3.05) is 14.2 Å². The molecule has 130 valence electrons. The predicted octanol–water partition coefficient (Wildman–Crippen LogP) is 1.52. The first-order valence-electron chi connectivity index (χ1n) is 8.61. The third-order valence-corrected chi connectivity index (χ3v) is 7.53. The number of rotatable bonds is 2. The summed E-state index contributed by atoms with van der Waals surface area (Å²) in [5, 5.41) is 0. The van der Waals surface area contributed by atoms with E-state index < -0.39 is 11.8 Å². The Morgan fingerprint density at radius 1 is 0.870 bits per heavy atom. The molecule has 5 fully saturated rings. The largest absolute Gasteiger partial charge is 0.413 e. The summed E-state index contributed by atoms with van der Waals surface area (Å²) in [6.45, 7) is 8.95. The summed E-state index contributed by atoms with van der Waals surface area (Å²) < 4.78 is 35.9. The Kier molecular flexibility index (Phi) is 2.69. The van der Waals surface area contributed by atoms with Gasteiger partial charge >= 0.3 is 6.16 Å². The summed E-state index contributed by atoms with van der Waals surface area (Å²) in [6.07, 6.45) is -1.28. The monoisotopic (exact) mass is 326 g/mol. The highest BCUT2D eigenvalue weighted by Crippen LogP contribution is 2.71. The zero-order chi connectivity index (χ0) is 16.4. The molecule has 5 heterocycles. The van der Waals surface area contributed by atoms with Gasteiger partial charge in [0.05, 0.1) is 24.4 Å². The molecular formula is C17H26O6. The van der Waals surface area contributed by atoms with Crippen LogP contribution in [0.15, 0.2) is 0 Å². The Labute approximate surface area is 136 Å². The number of hydrogen-bond acceptors (Lipinski definition) is 6. The molecule has 6 heteroatoms. The fraction of sp³-hybridized carbons (Fsp3) is 1.00. The van der Waals surface area contributed by atoms with Crippen molar-refractivity contribution in [3.05, 3.63) is 0 Å². The molecule has 5 saturated heterocycles. The molecule has 0 spiro atoms. The lowest BCUT2D eigenvalue weighted by molar-refractivity contribution is -0.467. The van der Waals surface area contributed by atoms with E-state index in [0.717, 1.165) is 0 Å². The van der Waals surface area contributed by atoms with Gasteiger partial charge in [0.2, 0.25) is 0 Å². The van der Waals surface area contributed by atoms with Crippen LogP contribution in [0.3, 0.4) is 0 Å². The third-order valence-electron chi connectivity index (χ3n) is 7.53. The minimum atomic E-state index is -1.42. The minimum Gasteiger partial charge on any atom is -0.373 e. The molecule has 0 aromatic carbocycles. The number of methoxy groups -OCH3 is 2. The standard InChI is InChI=1S/C17H26O6/c1-7-8(2)12-15(3)9(10(7)20-12)11-13-16(4,14(15)21-11)23-17(18-5,19-6)22-13/h7-14H,1-6H3. The summed E-state index contributed by atoms with van der Waals surface area (Å²) in [5.41, 5.74) is -0.633. The summed E-state index contributed by atoms with van der Waals surface area (Å²) in [7, 11) is 3.08. The van der Waals surface area contributed by atoms with Gasteiger partial charge in [0.25, 0.3) is 0 Å². The van der Waals surface area contributed by atoms with Crippen LogP contribution in [0.25, 0.3) is 0 Å². The van der Waals surface area contributed by atoms with E-state index in [1.807, 2.05) is 0 Å². The van der Waals surface area contributed by atoms with E-state index in [1.54, 1.807) is 0 Å². The lowest BCUT2D eigenvalue weighted by atomic mass is 9.52. The maximum atomic E-state index is 6.43. The average Bonchev–Trinajstić information content (AvgIpc) is 3.22. The van der Waals surface area contributed by atoms with Gasteiger partial charge in [-0.3, -0.25) is 9.47 Å². The van der Waals surface area contributed by atoms with Gasteiger partial charge in [0.1, 0.15) is 11.7 Å². The van der Waals surface area contributed by atoms with Crippen molar-refractivity contribution in [3.8, 4) is 0 Å². The Hall–Kier alpha value is -0.240. The van der Waals surface area contributed by atoms with Gasteiger partial charge in [-0.2, -0.15) is 0 Å². The summed E-state index contributed by atoms with van der Waals surface area (Å²) in [4.78, 5) is 0. The molecule has 0 radical (unpaired) electrons. The molecule has 10 unspecified atom stereocenters. The van der Waals surface area contributed by atoms with Crippen molar-refractivity contribution in [1.29, 1.82) is 0 Å². The van der Waals surface area contributed by atoms with Crippen LogP contribution in [0.5, 0.6) is 0 Å². The molecule has 5 aliphatic heterocycles. The molecule has 0 saturated carbocycles. The van der Waals surface area contributed by atoms with Crippen molar-refractivity contribution in [1.82, 2.24) is 0 Å². The van der Waals surface area contributed by atoms with E-state index in [4.69, 9.17) is 28.4 Å². The van der Waals surface area contributed by atoms with Crippen LogP contribution in [-0.4, -0.2) is 56.5 Å². The van der Waals surface area contributed by atoms with Crippen LogP contribution >= 0.6 is 0 Å². The number of fused-ring (bicyclic) bond motifs is 12. The lowest BCUT2D eigenvalue weighted by Gasteiger charge is -2.49. The van der Waals surface area contributed by atoms with E-state index >= 15 is 0 Å². The molecule has 5 aliphatic rings. The Morgan fingerprint density at radius 2 is 1.57 bits per heavy atom. The number of hydrogen-bond donors (Lipinski definition) is 0. The van der Waals surface area contributed by atoms with Gasteiger partial charge < -0.3 is 18.9 Å². The molecule has 0 aliphatic carbocycles. The first kappa shape index (κ1) is 15.0. The second-order valence-electron chi connectivity index (χ2n) is 8.34. The van der Waals surface area contributed by atoms with Crippen molar-refractivity contribution in [2.45, 2.75) is 70.0 Å².